The van der Waals surface area contributed by atoms with Gasteiger partial charge in [0.2, 0.25) is 5.91 Å². The lowest BCUT2D eigenvalue weighted by Gasteiger charge is -2.15. The highest BCUT2D eigenvalue weighted by Gasteiger charge is 2.12. The highest BCUT2D eigenvalue weighted by Crippen LogP contribution is 2.37. The van der Waals surface area contributed by atoms with Crippen molar-refractivity contribution in [3.63, 3.8) is 0 Å². The zero-order valence-electron chi connectivity index (χ0n) is 15.3. The molecule has 0 N–H and O–H groups in total. The van der Waals surface area contributed by atoms with E-state index in [1.807, 2.05) is 6.07 Å². The first-order chi connectivity index (χ1) is 11.4. The van der Waals surface area contributed by atoms with Crippen LogP contribution in [0.2, 0.25) is 5.02 Å². The largest absolute Gasteiger partial charge is 0.493 e. The van der Waals surface area contributed by atoms with Crippen LogP contribution in [0.25, 0.3) is 6.08 Å². The van der Waals surface area contributed by atoms with Crippen molar-refractivity contribution >= 4 is 23.6 Å². The molecule has 0 saturated carbocycles. The number of halogens is 1. The molecule has 0 bridgehead atoms. The van der Waals surface area contributed by atoms with Crippen LogP contribution in [0.3, 0.4) is 0 Å². The maximum atomic E-state index is 12.1. The number of amides is 1. The third-order valence-corrected chi connectivity index (χ3v) is 3.74. The summed E-state index contributed by atoms with van der Waals surface area (Å²) in [6.07, 6.45) is 5.35. The SMILES string of the molecule is CCCCN(C)C(=O)/C=C/c1cc(Cl)c(OCC(C)C)c(OC)c1. The van der Waals surface area contributed by atoms with Crippen LogP contribution in [-0.2, 0) is 4.79 Å². The van der Waals surface area contributed by atoms with Crippen LogP contribution in [0.1, 0.15) is 39.2 Å². The summed E-state index contributed by atoms with van der Waals surface area (Å²) in [5, 5.41) is 0.474. The Hall–Kier alpha value is -1.68. The summed E-state index contributed by atoms with van der Waals surface area (Å²) >= 11 is 6.31. The third kappa shape index (κ3) is 6.44. The summed E-state index contributed by atoms with van der Waals surface area (Å²) in [5.74, 6) is 1.46. The zero-order valence-corrected chi connectivity index (χ0v) is 16.0. The summed E-state index contributed by atoms with van der Waals surface area (Å²) < 4.78 is 11.1. The van der Waals surface area contributed by atoms with E-state index in [9.17, 15) is 4.79 Å². The molecule has 134 valence electrons. The standard InChI is InChI=1S/C19H28ClNO3/c1-6-7-10-21(4)18(22)9-8-15-11-16(20)19(17(12-15)23-5)24-13-14(2)3/h8-9,11-12,14H,6-7,10,13H2,1-5H3/b9-8+. The van der Waals surface area contributed by atoms with Crippen molar-refractivity contribution in [1.82, 2.24) is 4.90 Å². The number of rotatable bonds is 9. The Morgan fingerprint density at radius 2 is 2.08 bits per heavy atom. The molecule has 0 atom stereocenters. The van der Waals surface area contributed by atoms with E-state index in [2.05, 4.69) is 20.8 Å². The molecule has 0 aromatic heterocycles. The molecule has 0 saturated heterocycles. The summed E-state index contributed by atoms with van der Waals surface area (Å²) in [4.78, 5) is 13.8. The molecular formula is C19H28ClNO3. The molecular weight excluding hydrogens is 326 g/mol. The van der Waals surface area contributed by atoms with Crippen LogP contribution in [0.15, 0.2) is 18.2 Å². The molecule has 0 aliphatic rings. The predicted octanol–water partition coefficient (Wildman–Crippen LogP) is 4.66. The van der Waals surface area contributed by atoms with Gasteiger partial charge in [-0.1, -0.05) is 38.8 Å². The van der Waals surface area contributed by atoms with Crippen LogP contribution < -0.4 is 9.47 Å². The smallest absolute Gasteiger partial charge is 0.246 e. The minimum absolute atomic E-state index is 0.0290. The van der Waals surface area contributed by atoms with Gasteiger partial charge in [-0.05, 0) is 36.1 Å². The average Bonchev–Trinajstić information content (AvgIpc) is 2.55. The number of ether oxygens (including phenoxy) is 2. The highest BCUT2D eigenvalue weighted by molar-refractivity contribution is 6.32. The van der Waals surface area contributed by atoms with E-state index in [1.165, 1.54) is 0 Å². The van der Waals surface area contributed by atoms with Gasteiger partial charge in [-0.25, -0.2) is 0 Å². The second-order valence-electron chi connectivity index (χ2n) is 6.19. The Bertz CT molecular complexity index is 570. The molecule has 0 aliphatic carbocycles. The van der Waals surface area contributed by atoms with Gasteiger partial charge in [-0.3, -0.25) is 4.79 Å². The number of hydrogen-bond acceptors (Lipinski definition) is 3. The van der Waals surface area contributed by atoms with Gasteiger partial charge < -0.3 is 14.4 Å². The van der Waals surface area contributed by atoms with Crippen LogP contribution in [0, 0.1) is 5.92 Å². The monoisotopic (exact) mass is 353 g/mol. The minimum atomic E-state index is -0.0290. The number of carbonyl (C=O) groups excluding carboxylic acids is 1. The van der Waals surface area contributed by atoms with Crippen molar-refractivity contribution in [2.75, 3.05) is 27.3 Å². The lowest BCUT2D eigenvalue weighted by atomic mass is 10.1. The van der Waals surface area contributed by atoms with Gasteiger partial charge >= 0.3 is 0 Å². The van der Waals surface area contributed by atoms with Crippen LogP contribution in [0.4, 0.5) is 0 Å². The average molecular weight is 354 g/mol. The van der Waals surface area contributed by atoms with E-state index in [0.29, 0.717) is 29.0 Å². The van der Waals surface area contributed by atoms with Crippen molar-refractivity contribution in [2.45, 2.75) is 33.6 Å². The number of carbonyl (C=O) groups is 1. The molecule has 0 fully saturated rings. The molecule has 24 heavy (non-hydrogen) atoms. The van der Waals surface area contributed by atoms with Crippen molar-refractivity contribution < 1.29 is 14.3 Å². The molecule has 0 unspecified atom stereocenters. The summed E-state index contributed by atoms with van der Waals surface area (Å²) in [5.41, 5.74) is 0.797. The first-order valence-electron chi connectivity index (χ1n) is 8.32. The first-order valence-corrected chi connectivity index (χ1v) is 8.70. The fraction of sp³-hybridized carbons (Fsp3) is 0.526. The number of benzene rings is 1. The van der Waals surface area contributed by atoms with Gasteiger partial charge in [0, 0.05) is 19.7 Å². The molecule has 1 aromatic rings. The summed E-state index contributed by atoms with van der Waals surface area (Å²) in [6, 6.07) is 3.59. The molecule has 1 rings (SSSR count). The van der Waals surface area contributed by atoms with E-state index < -0.39 is 0 Å². The van der Waals surface area contributed by atoms with Gasteiger partial charge in [0.15, 0.2) is 11.5 Å². The predicted molar refractivity (Wildman–Crippen MR) is 99.9 cm³/mol. The number of likely N-dealkylation sites (N-methyl/N-ethyl adjacent to an activating group) is 1. The fourth-order valence-corrected chi connectivity index (χ4v) is 2.30. The van der Waals surface area contributed by atoms with Gasteiger partial charge in [0.25, 0.3) is 0 Å². The minimum Gasteiger partial charge on any atom is -0.493 e. The zero-order chi connectivity index (χ0) is 18.1. The van der Waals surface area contributed by atoms with E-state index in [4.69, 9.17) is 21.1 Å². The number of hydrogen-bond donors (Lipinski definition) is 0. The van der Waals surface area contributed by atoms with Crippen molar-refractivity contribution in [3.05, 3.63) is 28.8 Å². The van der Waals surface area contributed by atoms with Gasteiger partial charge in [-0.15, -0.1) is 0 Å². The van der Waals surface area contributed by atoms with Gasteiger partial charge in [0.05, 0.1) is 18.7 Å². The highest BCUT2D eigenvalue weighted by atomic mass is 35.5. The Kier molecular flexibility index (Phi) is 8.69. The molecule has 1 aromatic carbocycles. The Labute approximate surface area is 150 Å². The normalized spacial score (nSPS) is 11.1. The van der Waals surface area contributed by atoms with Crippen molar-refractivity contribution in [2.24, 2.45) is 5.92 Å². The van der Waals surface area contributed by atoms with E-state index in [1.54, 1.807) is 37.3 Å². The van der Waals surface area contributed by atoms with Crippen LogP contribution in [-0.4, -0.2) is 38.1 Å². The number of methoxy groups -OCH3 is 1. The molecule has 5 heteroatoms. The molecule has 0 spiro atoms. The van der Waals surface area contributed by atoms with Gasteiger partial charge in [0.1, 0.15) is 0 Å². The molecule has 0 radical (unpaired) electrons. The van der Waals surface area contributed by atoms with E-state index >= 15 is 0 Å². The summed E-state index contributed by atoms with van der Waals surface area (Å²) in [6.45, 7) is 7.55. The van der Waals surface area contributed by atoms with E-state index in [-0.39, 0.29) is 5.91 Å². The summed E-state index contributed by atoms with van der Waals surface area (Å²) in [7, 11) is 3.38. The maximum absolute atomic E-state index is 12.1. The lowest BCUT2D eigenvalue weighted by Crippen LogP contribution is -2.25. The molecule has 1 amide bonds. The second-order valence-corrected chi connectivity index (χ2v) is 6.59. The number of nitrogens with zero attached hydrogens (tertiary/aromatic N) is 1. The Morgan fingerprint density at radius 3 is 2.67 bits per heavy atom. The topological polar surface area (TPSA) is 38.8 Å². The van der Waals surface area contributed by atoms with Crippen LogP contribution in [0.5, 0.6) is 11.5 Å². The second kappa shape index (κ2) is 10.2. The first kappa shape index (κ1) is 20.4. The fourth-order valence-electron chi connectivity index (χ4n) is 2.03. The van der Waals surface area contributed by atoms with Crippen molar-refractivity contribution in [1.29, 1.82) is 0 Å². The maximum Gasteiger partial charge on any atom is 0.246 e. The van der Waals surface area contributed by atoms with E-state index in [0.717, 1.165) is 24.9 Å². The molecule has 0 heterocycles. The molecule has 0 aliphatic heterocycles. The number of unbranched alkanes of at least 4 members (excludes halogenated alkanes) is 1. The third-order valence-electron chi connectivity index (χ3n) is 3.45. The quantitative estimate of drug-likeness (QED) is 0.606. The van der Waals surface area contributed by atoms with Crippen molar-refractivity contribution in [3.8, 4) is 11.5 Å². The Morgan fingerprint density at radius 1 is 1.38 bits per heavy atom. The molecule has 4 nitrogen and oxygen atoms in total. The Balaban J connectivity index is 2.87. The van der Waals surface area contributed by atoms with Gasteiger partial charge in [-0.2, -0.15) is 0 Å². The van der Waals surface area contributed by atoms with Crippen LogP contribution >= 0.6 is 11.6 Å². The lowest BCUT2D eigenvalue weighted by molar-refractivity contribution is -0.124.